The average molecular weight is 298 g/mol. The van der Waals surface area contributed by atoms with E-state index in [1.54, 1.807) is 7.11 Å². The number of carbonyl (C=O) groups excluding carboxylic acids is 1. The lowest BCUT2D eigenvalue weighted by Gasteiger charge is -2.19. The number of hydrogen-bond donors (Lipinski definition) is 0. The molecule has 116 valence electrons. The summed E-state index contributed by atoms with van der Waals surface area (Å²) in [7, 11) is 1.65. The molecule has 0 aliphatic heterocycles. The van der Waals surface area contributed by atoms with E-state index in [2.05, 4.69) is 0 Å². The Morgan fingerprint density at radius 2 is 1.68 bits per heavy atom. The number of benzene rings is 2. The number of hydrogen-bond acceptors (Lipinski definition) is 3. The van der Waals surface area contributed by atoms with Crippen LogP contribution < -0.4 is 4.74 Å². The van der Waals surface area contributed by atoms with E-state index in [0.29, 0.717) is 0 Å². The molecule has 2 aromatic rings. The zero-order valence-corrected chi connectivity index (χ0v) is 13.6. The number of carbonyl (C=O) groups is 1. The Morgan fingerprint density at radius 3 is 2.27 bits per heavy atom. The summed E-state index contributed by atoms with van der Waals surface area (Å²) in [5, 5.41) is 0. The highest BCUT2D eigenvalue weighted by molar-refractivity contribution is 5.74. The van der Waals surface area contributed by atoms with E-state index in [9.17, 15) is 4.79 Å². The first kappa shape index (κ1) is 16.1. The highest BCUT2D eigenvalue weighted by Gasteiger charge is 2.16. The molecule has 0 saturated heterocycles. The lowest BCUT2D eigenvalue weighted by atomic mass is 10.0. The average Bonchev–Trinajstić information content (AvgIpc) is 2.45. The molecule has 2 aromatic carbocycles. The van der Waals surface area contributed by atoms with Crippen molar-refractivity contribution in [3.8, 4) is 16.9 Å². The highest BCUT2D eigenvalue weighted by atomic mass is 16.6. The van der Waals surface area contributed by atoms with Gasteiger partial charge in [0, 0.05) is 0 Å². The predicted molar refractivity (Wildman–Crippen MR) is 88.0 cm³/mol. The maximum absolute atomic E-state index is 11.9. The van der Waals surface area contributed by atoms with E-state index < -0.39 is 5.60 Å². The van der Waals surface area contributed by atoms with Gasteiger partial charge in [-0.25, -0.2) is 0 Å². The number of ether oxygens (including phenoxy) is 2. The summed E-state index contributed by atoms with van der Waals surface area (Å²) in [4.78, 5) is 11.9. The third-order valence-corrected chi connectivity index (χ3v) is 3.12. The van der Waals surface area contributed by atoms with Gasteiger partial charge in [-0.1, -0.05) is 36.4 Å². The van der Waals surface area contributed by atoms with Gasteiger partial charge in [-0.15, -0.1) is 0 Å². The maximum atomic E-state index is 11.9. The molecule has 0 aromatic heterocycles. The van der Waals surface area contributed by atoms with Gasteiger partial charge in [-0.2, -0.15) is 0 Å². The van der Waals surface area contributed by atoms with Gasteiger partial charge >= 0.3 is 5.97 Å². The Hall–Kier alpha value is -2.29. The molecule has 0 amide bonds. The Bertz CT molecular complexity index is 636. The van der Waals surface area contributed by atoms with E-state index in [-0.39, 0.29) is 12.4 Å². The fourth-order valence-electron chi connectivity index (χ4n) is 2.19. The van der Waals surface area contributed by atoms with Gasteiger partial charge in [0.1, 0.15) is 11.4 Å². The molecule has 0 atom stereocenters. The molecule has 0 bridgehead atoms. The third-order valence-electron chi connectivity index (χ3n) is 3.12. The minimum atomic E-state index is -0.454. The summed E-state index contributed by atoms with van der Waals surface area (Å²) in [6.07, 6.45) is 0.279. The Labute approximate surface area is 131 Å². The van der Waals surface area contributed by atoms with Crippen LogP contribution >= 0.6 is 0 Å². The first-order chi connectivity index (χ1) is 10.4. The largest absolute Gasteiger partial charge is 0.497 e. The second kappa shape index (κ2) is 6.65. The van der Waals surface area contributed by atoms with Gasteiger partial charge in [0.25, 0.3) is 0 Å². The highest BCUT2D eigenvalue weighted by Crippen LogP contribution is 2.23. The van der Waals surface area contributed by atoms with E-state index in [1.807, 2.05) is 69.3 Å². The number of rotatable bonds is 4. The van der Waals surface area contributed by atoms with Crippen molar-refractivity contribution < 1.29 is 14.3 Å². The second-order valence-corrected chi connectivity index (χ2v) is 6.19. The van der Waals surface area contributed by atoms with Crippen LogP contribution in [0, 0.1) is 0 Å². The minimum Gasteiger partial charge on any atom is -0.497 e. The van der Waals surface area contributed by atoms with E-state index >= 15 is 0 Å². The first-order valence-electron chi connectivity index (χ1n) is 7.32. The van der Waals surface area contributed by atoms with Crippen LogP contribution in [-0.4, -0.2) is 18.7 Å². The SMILES string of the molecule is COc1ccc(-c2cccc(CC(=O)OC(C)(C)C)c2)cc1. The Balaban J connectivity index is 2.14. The summed E-state index contributed by atoms with van der Waals surface area (Å²) < 4.78 is 10.5. The zero-order valence-electron chi connectivity index (χ0n) is 13.6. The predicted octanol–water partition coefficient (Wildman–Crippen LogP) is 4.25. The molecule has 0 saturated carbocycles. The van der Waals surface area contributed by atoms with Crippen LogP contribution in [0.15, 0.2) is 48.5 Å². The lowest BCUT2D eigenvalue weighted by Crippen LogP contribution is -2.24. The fraction of sp³-hybridized carbons (Fsp3) is 0.316. The van der Waals surface area contributed by atoms with Gasteiger partial charge in [-0.3, -0.25) is 4.79 Å². The molecular weight excluding hydrogens is 276 g/mol. The van der Waals surface area contributed by atoms with Crippen molar-refractivity contribution in [1.82, 2.24) is 0 Å². The normalized spacial score (nSPS) is 11.1. The molecule has 0 aliphatic carbocycles. The van der Waals surface area contributed by atoms with Crippen molar-refractivity contribution in [2.75, 3.05) is 7.11 Å². The molecule has 0 fully saturated rings. The lowest BCUT2D eigenvalue weighted by molar-refractivity contribution is -0.153. The Morgan fingerprint density at radius 1 is 1.00 bits per heavy atom. The molecule has 3 nitrogen and oxygen atoms in total. The van der Waals surface area contributed by atoms with Crippen LogP contribution in [0.25, 0.3) is 11.1 Å². The molecule has 2 rings (SSSR count). The monoisotopic (exact) mass is 298 g/mol. The molecule has 0 unspecified atom stereocenters. The molecule has 0 aliphatic rings. The van der Waals surface area contributed by atoms with Gasteiger partial charge in [0.2, 0.25) is 0 Å². The van der Waals surface area contributed by atoms with Crippen LogP contribution in [0.4, 0.5) is 0 Å². The van der Waals surface area contributed by atoms with Crippen molar-refractivity contribution >= 4 is 5.97 Å². The van der Waals surface area contributed by atoms with Crippen LogP contribution in [0.3, 0.4) is 0 Å². The van der Waals surface area contributed by atoms with E-state index in [4.69, 9.17) is 9.47 Å². The van der Waals surface area contributed by atoms with Crippen molar-refractivity contribution in [3.63, 3.8) is 0 Å². The molecular formula is C19H22O3. The minimum absolute atomic E-state index is 0.209. The van der Waals surface area contributed by atoms with E-state index in [0.717, 1.165) is 22.4 Å². The Kier molecular flexibility index (Phi) is 4.86. The molecule has 3 heteroatoms. The standard InChI is InChI=1S/C19H22O3/c1-19(2,3)22-18(20)13-14-6-5-7-16(12-14)15-8-10-17(21-4)11-9-15/h5-12H,13H2,1-4H3. The van der Waals surface area contributed by atoms with Crippen molar-refractivity contribution in [2.45, 2.75) is 32.8 Å². The third kappa shape index (κ3) is 4.62. The van der Waals surface area contributed by atoms with Crippen LogP contribution in [0.1, 0.15) is 26.3 Å². The van der Waals surface area contributed by atoms with Crippen molar-refractivity contribution in [2.24, 2.45) is 0 Å². The van der Waals surface area contributed by atoms with Crippen molar-refractivity contribution in [3.05, 3.63) is 54.1 Å². The fourth-order valence-corrected chi connectivity index (χ4v) is 2.19. The molecule has 0 heterocycles. The molecule has 0 N–H and O–H groups in total. The molecule has 22 heavy (non-hydrogen) atoms. The smallest absolute Gasteiger partial charge is 0.310 e. The second-order valence-electron chi connectivity index (χ2n) is 6.19. The van der Waals surface area contributed by atoms with E-state index in [1.165, 1.54) is 0 Å². The van der Waals surface area contributed by atoms with Crippen LogP contribution in [0.5, 0.6) is 5.75 Å². The molecule has 0 spiro atoms. The topological polar surface area (TPSA) is 35.5 Å². The summed E-state index contributed by atoms with van der Waals surface area (Å²) in [5.41, 5.74) is 2.66. The zero-order chi connectivity index (χ0) is 16.2. The maximum Gasteiger partial charge on any atom is 0.310 e. The van der Waals surface area contributed by atoms with Gasteiger partial charge < -0.3 is 9.47 Å². The first-order valence-corrected chi connectivity index (χ1v) is 7.32. The van der Waals surface area contributed by atoms with Gasteiger partial charge in [0.15, 0.2) is 0 Å². The summed E-state index contributed by atoms with van der Waals surface area (Å²) >= 11 is 0. The van der Waals surface area contributed by atoms with Crippen molar-refractivity contribution in [1.29, 1.82) is 0 Å². The van der Waals surface area contributed by atoms with Crippen LogP contribution in [-0.2, 0) is 16.0 Å². The number of esters is 1. The quantitative estimate of drug-likeness (QED) is 0.792. The summed E-state index contributed by atoms with van der Waals surface area (Å²) in [5.74, 6) is 0.619. The van der Waals surface area contributed by atoms with Crippen LogP contribution in [0.2, 0.25) is 0 Å². The number of methoxy groups -OCH3 is 1. The summed E-state index contributed by atoms with van der Waals surface area (Å²) in [6, 6.07) is 15.8. The van der Waals surface area contributed by atoms with Gasteiger partial charge in [-0.05, 0) is 49.6 Å². The van der Waals surface area contributed by atoms with Gasteiger partial charge in [0.05, 0.1) is 13.5 Å². The molecule has 0 radical (unpaired) electrons. The summed E-state index contributed by atoms with van der Waals surface area (Å²) in [6.45, 7) is 5.62.